The Morgan fingerprint density at radius 1 is 1.55 bits per heavy atom. The Balaban J connectivity index is 3.29. The third-order valence-electron chi connectivity index (χ3n) is 1.54. The molecular formula is C8H8FIO. The van der Waals surface area contributed by atoms with Gasteiger partial charge in [-0.1, -0.05) is 6.07 Å². The molecule has 0 saturated heterocycles. The lowest BCUT2D eigenvalue weighted by atomic mass is 10.1. The van der Waals surface area contributed by atoms with Gasteiger partial charge in [0.2, 0.25) is 0 Å². The van der Waals surface area contributed by atoms with Crippen LogP contribution in [-0.4, -0.2) is 5.11 Å². The fourth-order valence-electron chi connectivity index (χ4n) is 0.860. The third kappa shape index (κ3) is 1.70. The molecule has 0 aromatic heterocycles. The average molecular weight is 266 g/mol. The van der Waals surface area contributed by atoms with Crippen molar-refractivity contribution in [2.75, 3.05) is 0 Å². The highest BCUT2D eigenvalue weighted by molar-refractivity contribution is 14.1. The van der Waals surface area contributed by atoms with Crippen LogP contribution in [0, 0.1) is 16.3 Å². The van der Waals surface area contributed by atoms with Crippen LogP contribution in [0.5, 0.6) is 0 Å². The molecule has 1 aromatic carbocycles. The molecule has 0 saturated carbocycles. The van der Waals surface area contributed by atoms with Crippen molar-refractivity contribution in [3.63, 3.8) is 0 Å². The lowest BCUT2D eigenvalue weighted by Gasteiger charge is -2.04. The molecule has 0 amide bonds. The Kier molecular flexibility index (Phi) is 2.84. The molecule has 0 aliphatic carbocycles. The van der Waals surface area contributed by atoms with Gasteiger partial charge in [-0.15, -0.1) is 0 Å². The predicted molar refractivity (Wildman–Crippen MR) is 49.8 cm³/mol. The summed E-state index contributed by atoms with van der Waals surface area (Å²) in [7, 11) is 0. The summed E-state index contributed by atoms with van der Waals surface area (Å²) in [5, 5.41) is 8.78. The monoisotopic (exact) mass is 266 g/mol. The van der Waals surface area contributed by atoms with E-state index in [1.165, 1.54) is 0 Å². The summed E-state index contributed by atoms with van der Waals surface area (Å²) in [6, 6.07) is 3.50. The number of aryl methyl sites for hydroxylation is 1. The molecule has 0 fully saturated rings. The number of aliphatic hydroxyl groups is 1. The topological polar surface area (TPSA) is 20.2 Å². The Morgan fingerprint density at radius 2 is 2.18 bits per heavy atom. The van der Waals surface area contributed by atoms with Gasteiger partial charge < -0.3 is 5.11 Å². The largest absolute Gasteiger partial charge is 0.392 e. The summed E-state index contributed by atoms with van der Waals surface area (Å²) in [4.78, 5) is 0. The maximum absolute atomic E-state index is 13.1. The summed E-state index contributed by atoms with van der Waals surface area (Å²) < 4.78 is 13.9. The highest BCUT2D eigenvalue weighted by Gasteiger charge is 2.07. The number of benzene rings is 1. The van der Waals surface area contributed by atoms with Crippen molar-refractivity contribution in [2.45, 2.75) is 13.5 Å². The van der Waals surface area contributed by atoms with Gasteiger partial charge in [-0.25, -0.2) is 4.39 Å². The Bertz CT molecular complexity index is 273. The third-order valence-corrected chi connectivity index (χ3v) is 2.55. The molecule has 11 heavy (non-hydrogen) atoms. The fourth-order valence-corrected chi connectivity index (χ4v) is 1.45. The van der Waals surface area contributed by atoms with E-state index in [2.05, 4.69) is 0 Å². The van der Waals surface area contributed by atoms with Crippen LogP contribution in [0.3, 0.4) is 0 Å². The fraction of sp³-hybridized carbons (Fsp3) is 0.250. The molecule has 0 unspecified atom stereocenters. The van der Waals surface area contributed by atoms with Crippen molar-refractivity contribution in [1.82, 2.24) is 0 Å². The van der Waals surface area contributed by atoms with E-state index in [0.717, 1.165) is 3.57 Å². The zero-order valence-corrected chi connectivity index (χ0v) is 8.22. The second-order valence-corrected chi connectivity index (χ2v) is 3.48. The van der Waals surface area contributed by atoms with Gasteiger partial charge in [0.15, 0.2) is 0 Å². The molecule has 1 nitrogen and oxygen atoms in total. The molecule has 1 aromatic rings. The van der Waals surface area contributed by atoms with Gasteiger partial charge >= 0.3 is 0 Å². The molecule has 60 valence electrons. The summed E-state index contributed by atoms with van der Waals surface area (Å²) >= 11 is 2.00. The average Bonchev–Trinajstić information content (AvgIpc) is 1.99. The molecule has 0 aliphatic heterocycles. The quantitative estimate of drug-likeness (QED) is 0.773. The van der Waals surface area contributed by atoms with Crippen molar-refractivity contribution in [3.8, 4) is 0 Å². The van der Waals surface area contributed by atoms with Crippen molar-refractivity contribution in [2.24, 2.45) is 0 Å². The zero-order valence-electron chi connectivity index (χ0n) is 6.06. The van der Waals surface area contributed by atoms with Gasteiger partial charge in [0.1, 0.15) is 5.82 Å². The lowest BCUT2D eigenvalue weighted by molar-refractivity contribution is 0.274. The summed E-state index contributed by atoms with van der Waals surface area (Å²) in [6.45, 7) is 1.45. The van der Waals surface area contributed by atoms with E-state index in [9.17, 15) is 4.39 Å². The summed E-state index contributed by atoms with van der Waals surface area (Å²) in [6.07, 6.45) is 0. The number of hydrogen-bond donors (Lipinski definition) is 1. The van der Waals surface area contributed by atoms with Crippen LogP contribution in [0.1, 0.15) is 11.1 Å². The first-order chi connectivity index (χ1) is 5.16. The van der Waals surface area contributed by atoms with Crippen molar-refractivity contribution >= 4 is 22.6 Å². The van der Waals surface area contributed by atoms with Gasteiger partial charge in [-0.3, -0.25) is 0 Å². The zero-order chi connectivity index (χ0) is 8.43. The maximum atomic E-state index is 13.1. The first-order valence-corrected chi connectivity index (χ1v) is 4.29. The molecule has 0 heterocycles. The second-order valence-electron chi connectivity index (χ2n) is 2.31. The van der Waals surface area contributed by atoms with E-state index < -0.39 is 0 Å². The molecular weight excluding hydrogens is 258 g/mol. The van der Waals surface area contributed by atoms with Gasteiger partial charge in [-0.2, -0.15) is 0 Å². The Hall–Kier alpha value is -0.160. The normalized spacial score (nSPS) is 10.2. The number of rotatable bonds is 1. The van der Waals surface area contributed by atoms with E-state index in [-0.39, 0.29) is 12.4 Å². The number of halogens is 2. The van der Waals surface area contributed by atoms with Crippen LogP contribution in [0.2, 0.25) is 0 Å². The van der Waals surface area contributed by atoms with E-state index in [4.69, 9.17) is 5.11 Å². The van der Waals surface area contributed by atoms with Gasteiger partial charge in [0, 0.05) is 9.13 Å². The highest BCUT2D eigenvalue weighted by atomic mass is 127. The van der Waals surface area contributed by atoms with Crippen LogP contribution in [0.4, 0.5) is 4.39 Å². The Labute approximate surface area is 78.4 Å². The molecule has 0 aliphatic rings. The molecule has 1 rings (SSSR count). The van der Waals surface area contributed by atoms with Crippen LogP contribution < -0.4 is 0 Å². The number of hydrogen-bond acceptors (Lipinski definition) is 1. The minimum Gasteiger partial charge on any atom is -0.392 e. The molecule has 0 bridgehead atoms. The van der Waals surface area contributed by atoms with Crippen LogP contribution in [-0.2, 0) is 6.61 Å². The van der Waals surface area contributed by atoms with E-state index >= 15 is 0 Å². The summed E-state index contributed by atoms with van der Waals surface area (Å²) in [5.41, 5.74) is 0.972. The standard InChI is InChI=1S/C8H8FIO/c1-5-2-3-7(10)6(4-11)8(5)9/h2-3,11H,4H2,1H3. The van der Waals surface area contributed by atoms with Crippen LogP contribution in [0.15, 0.2) is 12.1 Å². The molecule has 0 spiro atoms. The maximum Gasteiger partial charge on any atom is 0.132 e. The van der Waals surface area contributed by atoms with E-state index in [0.29, 0.717) is 11.1 Å². The predicted octanol–water partition coefficient (Wildman–Crippen LogP) is 2.23. The van der Waals surface area contributed by atoms with Crippen LogP contribution >= 0.6 is 22.6 Å². The van der Waals surface area contributed by atoms with Crippen LogP contribution in [0.25, 0.3) is 0 Å². The minimum atomic E-state index is -0.292. The second kappa shape index (κ2) is 3.49. The minimum absolute atomic E-state index is 0.230. The highest BCUT2D eigenvalue weighted by Crippen LogP contribution is 2.18. The van der Waals surface area contributed by atoms with Crippen molar-refractivity contribution in [1.29, 1.82) is 0 Å². The SMILES string of the molecule is Cc1ccc(I)c(CO)c1F. The molecule has 0 atom stereocenters. The first kappa shape index (κ1) is 8.93. The molecule has 1 N–H and O–H groups in total. The Morgan fingerprint density at radius 3 is 2.64 bits per heavy atom. The van der Waals surface area contributed by atoms with Gasteiger partial charge in [0.25, 0.3) is 0 Å². The van der Waals surface area contributed by atoms with E-state index in [1.54, 1.807) is 19.1 Å². The molecule has 3 heteroatoms. The smallest absolute Gasteiger partial charge is 0.132 e. The lowest BCUT2D eigenvalue weighted by Crippen LogP contribution is -1.96. The van der Waals surface area contributed by atoms with Gasteiger partial charge in [-0.05, 0) is 41.1 Å². The van der Waals surface area contributed by atoms with Gasteiger partial charge in [0.05, 0.1) is 6.61 Å². The van der Waals surface area contributed by atoms with Crippen molar-refractivity contribution in [3.05, 3.63) is 32.6 Å². The summed E-state index contributed by atoms with van der Waals surface area (Å²) in [5.74, 6) is -0.292. The first-order valence-electron chi connectivity index (χ1n) is 3.21. The van der Waals surface area contributed by atoms with Crippen molar-refractivity contribution < 1.29 is 9.50 Å². The van der Waals surface area contributed by atoms with E-state index in [1.807, 2.05) is 22.6 Å². The number of aliphatic hydroxyl groups excluding tert-OH is 1. The molecule has 0 radical (unpaired) electrons.